The minimum absolute atomic E-state index is 0. The van der Waals surface area contributed by atoms with Crippen molar-refractivity contribution in [3.05, 3.63) is 76.4 Å². The number of hydrogen-bond acceptors (Lipinski definition) is 4. The molecule has 0 amide bonds. The van der Waals surface area contributed by atoms with Gasteiger partial charge in [-0.1, -0.05) is 87.1 Å². The van der Waals surface area contributed by atoms with Crippen LogP contribution in [-0.4, -0.2) is 41.6 Å². The number of hydrogen-bond donors (Lipinski definition) is 2. The second-order valence-electron chi connectivity index (χ2n) is 9.03. The van der Waals surface area contributed by atoms with Gasteiger partial charge in [-0.15, -0.1) is 12.1 Å². The molecule has 180 valence electrons. The Bertz CT molecular complexity index is 828. The number of nitrogens with zero attached hydrogens (tertiary/aromatic N) is 2. The molecule has 6 atom stereocenters. The minimum Gasteiger partial charge on any atom is -0.628 e. The number of para-hydroxylation sites is 1. The average molecular weight is 518 g/mol. The monoisotopic (exact) mass is 516 g/mol. The van der Waals surface area contributed by atoms with Gasteiger partial charge in [0.05, 0.1) is 0 Å². The molecule has 7 heteroatoms. The molecule has 6 unspecified atom stereocenters. The van der Waals surface area contributed by atoms with Crippen LogP contribution in [0, 0.1) is 0 Å². The van der Waals surface area contributed by atoms with Crippen molar-refractivity contribution < 1.29 is 39.2 Å². The summed E-state index contributed by atoms with van der Waals surface area (Å²) in [5.41, 5.74) is 2.00. The minimum atomic E-state index is -0.255. The molecule has 2 N–H and O–H groups in total. The summed E-state index contributed by atoms with van der Waals surface area (Å²) in [6.45, 7) is 0. The number of aliphatic hydroxyl groups excluding tert-OH is 1. The summed E-state index contributed by atoms with van der Waals surface area (Å²) in [5, 5.41) is 26.2. The number of aliphatic hydroxyl groups is 1. The SMILES string of the molecule is CO.Oc1ccccc1C1[N-]C2CCCCC2O1.[Zn+2].c1ccc(C2[N-]C3CCCCC3O2)cc1. The molecule has 4 fully saturated rings. The summed E-state index contributed by atoms with van der Waals surface area (Å²) >= 11 is 0. The Hall–Kier alpha value is -1.34. The molecule has 2 saturated heterocycles. The number of phenols is 1. The Morgan fingerprint density at radius 1 is 0.676 bits per heavy atom. The van der Waals surface area contributed by atoms with Crippen molar-refractivity contribution in [3.8, 4) is 5.75 Å². The van der Waals surface area contributed by atoms with Gasteiger partial charge in [0.2, 0.25) is 0 Å². The van der Waals surface area contributed by atoms with Crippen LogP contribution in [0.5, 0.6) is 5.75 Å². The van der Waals surface area contributed by atoms with Crippen molar-refractivity contribution >= 4 is 0 Å². The molecule has 2 saturated carbocycles. The van der Waals surface area contributed by atoms with Crippen LogP contribution in [0.4, 0.5) is 0 Å². The normalized spacial score (nSPS) is 31.5. The second kappa shape index (κ2) is 13.7. The van der Waals surface area contributed by atoms with Gasteiger partial charge in [-0.3, -0.25) is 0 Å². The van der Waals surface area contributed by atoms with E-state index in [0.717, 1.165) is 25.5 Å². The van der Waals surface area contributed by atoms with Gasteiger partial charge in [0, 0.05) is 24.9 Å². The zero-order valence-corrected chi connectivity index (χ0v) is 23.1. The Balaban J connectivity index is 0.000000173. The Labute approximate surface area is 216 Å². The largest absolute Gasteiger partial charge is 2.00 e. The molecule has 2 heterocycles. The Kier molecular flexibility index (Phi) is 11.0. The Morgan fingerprint density at radius 2 is 1.18 bits per heavy atom. The van der Waals surface area contributed by atoms with E-state index in [4.69, 9.17) is 19.9 Å². The van der Waals surface area contributed by atoms with Crippen molar-refractivity contribution in [2.45, 2.75) is 88.1 Å². The molecular weight excluding hydrogens is 482 g/mol. The van der Waals surface area contributed by atoms with Gasteiger partial charge >= 0.3 is 19.5 Å². The van der Waals surface area contributed by atoms with E-state index in [9.17, 15) is 5.11 Å². The van der Waals surface area contributed by atoms with Gasteiger partial charge in [-0.05, 0) is 36.9 Å². The molecule has 0 bridgehead atoms. The molecular formula is C27H36N2O4Zn. The quantitative estimate of drug-likeness (QED) is 0.470. The Morgan fingerprint density at radius 3 is 1.76 bits per heavy atom. The standard InChI is InChI=1S/C13H16NO2.C13H16NO.CH4O.Zn/c15-11-7-3-1-5-9(11)13-14-10-6-2-4-8-12(10)16-13;1-2-6-10(7-3-1)13-14-11-8-4-5-9-12(11)15-13;1-2;/h1,3,5,7,10,12-13,15H,2,4,6,8H2;1-3,6-7,11-13H,4-5,8-9H2;2H,1H3;/q2*-1;;+2. The maximum atomic E-state index is 9.76. The summed E-state index contributed by atoms with van der Waals surface area (Å²) in [5.74, 6) is 0.287. The number of aromatic hydroxyl groups is 1. The van der Waals surface area contributed by atoms with Crippen LogP contribution in [0.15, 0.2) is 54.6 Å². The summed E-state index contributed by atoms with van der Waals surface area (Å²) in [7, 11) is 1.00. The topological polar surface area (TPSA) is 87.1 Å². The fraction of sp³-hybridized carbons (Fsp3) is 0.556. The number of fused-ring (bicyclic) bond motifs is 2. The van der Waals surface area contributed by atoms with Crippen LogP contribution in [0.2, 0.25) is 0 Å². The molecule has 0 radical (unpaired) electrons. The summed E-state index contributed by atoms with van der Waals surface area (Å²) in [6, 6.07) is 18.5. The third-order valence-electron chi connectivity index (χ3n) is 6.88. The van der Waals surface area contributed by atoms with E-state index in [0.29, 0.717) is 18.2 Å². The molecule has 4 aliphatic rings. The molecule has 2 aliphatic carbocycles. The summed E-state index contributed by atoms with van der Waals surface area (Å²) in [6.07, 6.45) is 10.2. The number of rotatable bonds is 2. The van der Waals surface area contributed by atoms with Crippen molar-refractivity contribution in [1.29, 1.82) is 0 Å². The number of phenolic OH excluding ortho intramolecular Hbond substituents is 1. The maximum absolute atomic E-state index is 9.76. The van der Waals surface area contributed by atoms with Crippen LogP contribution in [0.3, 0.4) is 0 Å². The molecule has 0 spiro atoms. The van der Waals surface area contributed by atoms with E-state index in [-0.39, 0.29) is 43.8 Å². The third-order valence-corrected chi connectivity index (χ3v) is 6.88. The van der Waals surface area contributed by atoms with Gasteiger partial charge in [-0.2, -0.15) is 0 Å². The first-order valence-electron chi connectivity index (χ1n) is 12.3. The summed E-state index contributed by atoms with van der Waals surface area (Å²) < 4.78 is 11.9. The van der Waals surface area contributed by atoms with E-state index in [1.807, 2.05) is 24.3 Å². The van der Waals surface area contributed by atoms with Crippen LogP contribution in [0.1, 0.15) is 74.9 Å². The van der Waals surface area contributed by atoms with Crippen molar-refractivity contribution in [3.63, 3.8) is 0 Å². The van der Waals surface area contributed by atoms with E-state index in [1.54, 1.807) is 6.07 Å². The first-order chi connectivity index (χ1) is 16.3. The molecule has 2 aliphatic heterocycles. The first kappa shape index (κ1) is 27.3. The predicted octanol–water partition coefficient (Wildman–Crippen LogP) is 6.11. The molecule has 34 heavy (non-hydrogen) atoms. The predicted molar refractivity (Wildman–Crippen MR) is 129 cm³/mol. The summed E-state index contributed by atoms with van der Waals surface area (Å²) in [4.78, 5) is 0. The maximum Gasteiger partial charge on any atom is 2.00 e. The van der Waals surface area contributed by atoms with Gasteiger partial charge in [0.25, 0.3) is 0 Å². The molecule has 6 rings (SSSR count). The number of ether oxygens (including phenoxy) is 2. The third kappa shape index (κ3) is 6.66. The van der Waals surface area contributed by atoms with Crippen LogP contribution in [-0.2, 0) is 29.0 Å². The van der Waals surface area contributed by atoms with E-state index in [2.05, 4.69) is 29.6 Å². The van der Waals surface area contributed by atoms with E-state index in [1.165, 1.54) is 44.1 Å². The smallest absolute Gasteiger partial charge is 0.628 e. The van der Waals surface area contributed by atoms with Gasteiger partial charge in [-0.25, -0.2) is 0 Å². The van der Waals surface area contributed by atoms with Crippen molar-refractivity contribution in [1.82, 2.24) is 0 Å². The average Bonchev–Trinajstić information content (AvgIpc) is 3.51. The van der Waals surface area contributed by atoms with Crippen molar-refractivity contribution in [2.24, 2.45) is 0 Å². The molecule has 6 nitrogen and oxygen atoms in total. The first-order valence-corrected chi connectivity index (χ1v) is 12.3. The zero-order valence-electron chi connectivity index (χ0n) is 20.1. The van der Waals surface area contributed by atoms with Gasteiger partial charge in [0.1, 0.15) is 5.75 Å². The number of benzene rings is 2. The second-order valence-corrected chi connectivity index (χ2v) is 9.03. The fourth-order valence-corrected chi connectivity index (χ4v) is 5.19. The molecule has 2 aromatic carbocycles. The van der Waals surface area contributed by atoms with E-state index >= 15 is 0 Å². The van der Waals surface area contributed by atoms with Crippen molar-refractivity contribution in [2.75, 3.05) is 7.11 Å². The zero-order chi connectivity index (χ0) is 23.0. The van der Waals surface area contributed by atoms with Crippen LogP contribution >= 0.6 is 0 Å². The van der Waals surface area contributed by atoms with Crippen LogP contribution in [0.25, 0.3) is 10.6 Å². The molecule has 2 aromatic rings. The van der Waals surface area contributed by atoms with Gasteiger partial charge < -0.3 is 30.3 Å². The van der Waals surface area contributed by atoms with E-state index < -0.39 is 0 Å². The fourth-order valence-electron chi connectivity index (χ4n) is 5.19. The van der Waals surface area contributed by atoms with Gasteiger partial charge in [0.15, 0.2) is 0 Å². The van der Waals surface area contributed by atoms with Crippen LogP contribution < -0.4 is 0 Å². The molecule has 0 aromatic heterocycles.